The summed E-state index contributed by atoms with van der Waals surface area (Å²) in [6, 6.07) is 0. The summed E-state index contributed by atoms with van der Waals surface area (Å²) in [4.78, 5) is 2.42. The molecule has 16 heavy (non-hydrogen) atoms. The van der Waals surface area contributed by atoms with Crippen LogP contribution in [0.4, 0.5) is 0 Å². The van der Waals surface area contributed by atoms with Crippen molar-refractivity contribution in [1.82, 2.24) is 0 Å². The Labute approximate surface area is 93.4 Å². The smallest absolute Gasteiger partial charge is 0.156 e. The number of rotatable bonds is 11. The van der Waals surface area contributed by atoms with Gasteiger partial charge in [-0.25, -0.2) is 0 Å². The predicted octanol–water partition coefficient (Wildman–Crippen LogP) is -0.343. The maximum absolute atomic E-state index is 8.92. The van der Waals surface area contributed by atoms with Crippen molar-refractivity contribution < 1.29 is 24.4 Å². The maximum Gasteiger partial charge on any atom is 0.156 e. The van der Waals surface area contributed by atoms with Gasteiger partial charge >= 0.3 is 0 Å². The van der Waals surface area contributed by atoms with E-state index < -0.39 is 6.23 Å². The molecule has 0 aliphatic carbocycles. The molecule has 8 nitrogen and oxygen atoms in total. The van der Waals surface area contributed by atoms with Crippen LogP contribution in [0.2, 0.25) is 0 Å². The predicted molar refractivity (Wildman–Crippen MR) is 54.7 cm³/mol. The molecule has 0 aromatic heterocycles. The summed E-state index contributed by atoms with van der Waals surface area (Å²) in [5.41, 5.74) is 7.97. The summed E-state index contributed by atoms with van der Waals surface area (Å²) in [6.45, 7) is 1.76. The molecule has 94 valence electrons. The minimum Gasteiger partial charge on any atom is -0.394 e. The van der Waals surface area contributed by atoms with E-state index >= 15 is 0 Å². The number of hydrogen-bond donors (Lipinski definition) is 2. The summed E-state index contributed by atoms with van der Waals surface area (Å²) in [5, 5.41) is 20.3. The van der Waals surface area contributed by atoms with E-state index in [9.17, 15) is 0 Å². The molecule has 0 fully saturated rings. The average molecular weight is 235 g/mol. The molecule has 0 bridgehead atoms. The highest BCUT2D eigenvalue weighted by Gasteiger charge is 1.99. The summed E-state index contributed by atoms with van der Waals surface area (Å²) in [7, 11) is 0. The lowest BCUT2D eigenvalue weighted by atomic mass is 10.6. The van der Waals surface area contributed by atoms with Gasteiger partial charge in [-0.2, -0.15) is 0 Å². The monoisotopic (exact) mass is 235 g/mol. The molecule has 0 aromatic rings. The third kappa shape index (κ3) is 11.2. The van der Waals surface area contributed by atoms with Gasteiger partial charge < -0.3 is 24.4 Å². The first kappa shape index (κ1) is 15.1. The molecule has 0 aliphatic heterocycles. The number of ether oxygens (including phenoxy) is 3. The van der Waals surface area contributed by atoms with E-state index in [2.05, 4.69) is 10.0 Å². The van der Waals surface area contributed by atoms with Crippen LogP contribution in [-0.4, -0.2) is 62.7 Å². The van der Waals surface area contributed by atoms with Gasteiger partial charge in [0, 0.05) is 4.91 Å². The number of aliphatic hydroxyl groups excluding tert-OH is 2. The molecule has 2 N–H and O–H groups in total. The molecule has 0 amide bonds. The van der Waals surface area contributed by atoms with Gasteiger partial charge in [0.1, 0.15) is 0 Å². The zero-order valence-corrected chi connectivity index (χ0v) is 8.99. The lowest BCUT2D eigenvalue weighted by Crippen LogP contribution is -2.15. The zero-order chi connectivity index (χ0) is 12.1. The summed E-state index contributed by atoms with van der Waals surface area (Å²) < 4.78 is 15.0. The molecule has 0 saturated carbocycles. The van der Waals surface area contributed by atoms with Crippen molar-refractivity contribution >= 4 is 0 Å². The molecule has 1 unspecified atom stereocenters. The average Bonchev–Trinajstić information content (AvgIpc) is 2.27. The molecular formula is C8H17N3O5. The van der Waals surface area contributed by atoms with Crippen LogP contribution in [0.25, 0.3) is 10.4 Å². The van der Waals surface area contributed by atoms with Gasteiger partial charge in [-0.3, -0.25) is 0 Å². The minimum absolute atomic E-state index is 0.000407. The Hall–Kier alpha value is -0.890. The van der Waals surface area contributed by atoms with E-state index in [4.69, 9.17) is 30.0 Å². The summed E-state index contributed by atoms with van der Waals surface area (Å²) in [6.07, 6.45) is -1.15. The van der Waals surface area contributed by atoms with Crippen LogP contribution >= 0.6 is 0 Å². The molecule has 0 heterocycles. The van der Waals surface area contributed by atoms with Crippen LogP contribution in [0.5, 0.6) is 0 Å². The number of hydrogen-bond acceptors (Lipinski definition) is 6. The van der Waals surface area contributed by atoms with E-state index in [0.29, 0.717) is 33.0 Å². The first-order chi connectivity index (χ1) is 7.81. The lowest BCUT2D eigenvalue weighted by molar-refractivity contribution is -0.0112. The normalized spacial score (nSPS) is 12.1. The van der Waals surface area contributed by atoms with Crippen LogP contribution in [0.3, 0.4) is 0 Å². The second kappa shape index (κ2) is 12.2. The molecule has 8 heteroatoms. The molecule has 0 aromatic carbocycles. The number of azide groups is 1. The van der Waals surface area contributed by atoms with Crippen LogP contribution in [0, 0.1) is 0 Å². The van der Waals surface area contributed by atoms with E-state index in [-0.39, 0.29) is 13.2 Å². The zero-order valence-electron chi connectivity index (χ0n) is 8.99. The highest BCUT2D eigenvalue weighted by atomic mass is 16.5. The molecular weight excluding hydrogens is 218 g/mol. The molecule has 0 saturated heterocycles. The summed E-state index contributed by atoms with van der Waals surface area (Å²) in [5.74, 6) is 0. The summed E-state index contributed by atoms with van der Waals surface area (Å²) >= 11 is 0. The largest absolute Gasteiger partial charge is 0.394 e. The van der Waals surface area contributed by atoms with E-state index in [1.807, 2.05) is 0 Å². The van der Waals surface area contributed by atoms with Crippen molar-refractivity contribution in [3.63, 3.8) is 0 Å². The fourth-order valence-corrected chi connectivity index (χ4v) is 0.786. The van der Waals surface area contributed by atoms with Gasteiger partial charge in [0.25, 0.3) is 0 Å². The molecule has 1 atom stereocenters. The van der Waals surface area contributed by atoms with E-state index in [0.717, 1.165) is 0 Å². The van der Waals surface area contributed by atoms with Gasteiger partial charge in [0.2, 0.25) is 0 Å². The van der Waals surface area contributed by atoms with Crippen molar-refractivity contribution in [1.29, 1.82) is 0 Å². The second-order valence-corrected chi connectivity index (χ2v) is 2.71. The second-order valence-electron chi connectivity index (χ2n) is 2.71. The van der Waals surface area contributed by atoms with Crippen LogP contribution in [-0.2, 0) is 14.2 Å². The van der Waals surface area contributed by atoms with Crippen molar-refractivity contribution in [3.8, 4) is 0 Å². The first-order valence-corrected chi connectivity index (χ1v) is 4.87. The van der Waals surface area contributed by atoms with Gasteiger partial charge in [0.15, 0.2) is 6.23 Å². The molecule has 0 aliphatic rings. The SMILES string of the molecule is [N-]=[N+]=NC(O)COCCOCCOCCO. The lowest BCUT2D eigenvalue weighted by Gasteiger charge is -2.07. The van der Waals surface area contributed by atoms with Gasteiger partial charge in [-0.1, -0.05) is 5.11 Å². The number of nitrogens with zero attached hydrogens (tertiary/aromatic N) is 3. The highest BCUT2D eigenvalue weighted by Crippen LogP contribution is 1.88. The Morgan fingerprint density at radius 2 is 1.62 bits per heavy atom. The molecule has 0 spiro atoms. The van der Waals surface area contributed by atoms with Crippen LogP contribution in [0.15, 0.2) is 5.11 Å². The first-order valence-electron chi connectivity index (χ1n) is 4.87. The minimum atomic E-state index is -1.15. The van der Waals surface area contributed by atoms with Gasteiger partial charge in [-0.05, 0) is 5.53 Å². The number of aliphatic hydroxyl groups is 2. The van der Waals surface area contributed by atoms with E-state index in [1.54, 1.807) is 0 Å². The van der Waals surface area contributed by atoms with Crippen molar-refractivity contribution in [2.45, 2.75) is 6.23 Å². The molecule has 0 radical (unpaired) electrons. The van der Waals surface area contributed by atoms with Crippen LogP contribution < -0.4 is 0 Å². The van der Waals surface area contributed by atoms with Crippen molar-refractivity contribution in [2.24, 2.45) is 5.11 Å². The van der Waals surface area contributed by atoms with Gasteiger partial charge in [-0.15, -0.1) is 0 Å². The quantitative estimate of drug-likeness (QED) is 0.220. The van der Waals surface area contributed by atoms with Crippen molar-refractivity contribution in [2.75, 3.05) is 46.2 Å². The maximum atomic E-state index is 8.92. The highest BCUT2D eigenvalue weighted by molar-refractivity contribution is 4.50. The van der Waals surface area contributed by atoms with Crippen molar-refractivity contribution in [3.05, 3.63) is 10.4 Å². The molecule has 0 rings (SSSR count). The van der Waals surface area contributed by atoms with Gasteiger partial charge in [0.05, 0.1) is 46.2 Å². The standard InChI is InChI=1S/C8H17N3O5/c9-11-10-8(13)7-16-6-5-15-4-3-14-2-1-12/h8,12-13H,1-7H2. The Morgan fingerprint density at radius 3 is 2.19 bits per heavy atom. The Bertz CT molecular complexity index is 198. The Morgan fingerprint density at radius 1 is 1.06 bits per heavy atom. The fourth-order valence-electron chi connectivity index (χ4n) is 0.786. The fraction of sp³-hybridized carbons (Fsp3) is 1.00. The Balaban J connectivity index is 3.06. The third-order valence-corrected chi connectivity index (χ3v) is 1.43. The third-order valence-electron chi connectivity index (χ3n) is 1.43. The van der Waals surface area contributed by atoms with Crippen LogP contribution in [0.1, 0.15) is 0 Å². The Kier molecular flexibility index (Phi) is 11.5. The van der Waals surface area contributed by atoms with E-state index in [1.165, 1.54) is 0 Å². The topological polar surface area (TPSA) is 117 Å².